The minimum absolute atomic E-state index is 0.0808. The van der Waals surface area contributed by atoms with Crippen molar-refractivity contribution in [2.24, 2.45) is 5.73 Å². The fraction of sp³-hybridized carbons (Fsp3) is 0.176. The topological polar surface area (TPSA) is 59.2 Å². The van der Waals surface area contributed by atoms with Crippen molar-refractivity contribution in [2.75, 3.05) is 13.6 Å². The van der Waals surface area contributed by atoms with Crippen LogP contribution in [-0.4, -0.2) is 29.4 Å². The van der Waals surface area contributed by atoms with Crippen LogP contribution in [0.2, 0.25) is 0 Å². The number of rotatable bonds is 3. The van der Waals surface area contributed by atoms with E-state index < -0.39 is 0 Å². The summed E-state index contributed by atoms with van der Waals surface area (Å²) in [5, 5.41) is 0. The second-order valence-corrected chi connectivity index (χ2v) is 4.62. The number of nitrogens with zero attached hydrogens (tertiary/aromatic N) is 2. The van der Waals surface area contributed by atoms with Gasteiger partial charge < -0.3 is 10.6 Å². The van der Waals surface area contributed by atoms with Crippen molar-refractivity contribution in [1.29, 1.82) is 0 Å². The SMILES string of the molecule is CN(Cc1ccccc1)C(=O)c1cncc(C#CCN)c1. The van der Waals surface area contributed by atoms with Crippen molar-refractivity contribution in [2.45, 2.75) is 6.54 Å². The molecular formula is C17H17N3O. The Morgan fingerprint density at radius 1 is 1.29 bits per heavy atom. The summed E-state index contributed by atoms with van der Waals surface area (Å²) in [6.45, 7) is 0.838. The van der Waals surface area contributed by atoms with E-state index in [0.29, 0.717) is 17.7 Å². The molecule has 0 aliphatic carbocycles. The largest absolute Gasteiger partial charge is 0.337 e. The van der Waals surface area contributed by atoms with Crippen molar-refractivity contribution < 1.29 is 4.79 Å². The molecule has 2 aromatic rings. The second kappa shape index (κ2) is 7.22. The van der Waals surface area contributed by atoms with E-state index in [1.807, 2.05) is 30.3 Å². The molecule has 2 rings (SSSR count). The Morgan fingerprint density at radius 2 is 2.05 bits per heavy atom. The van der Waals surface area contributed by atoms with Gasteiger partial charge in [-0.15, -0.1) is 0 Å². The number of amides is 1. The summed E-state index contributed by atoms with van der Waals surface area (Å²) >= 11 is 0. The summed E-state index contributed by atoms with van der Waals surface area (Å²) in [4.78, 5) is 18.1. The van der Waals surface area contributed by atoms with E-state index in [0.717, 1.165) is 5.56 Å². The van der Waals surface area contributed by atoms with E-state index in [2.05, 4.69) is 16.8 Å². The predicted molar refractivity (Wildman–Crippen MR) is 82.4 cm³/mol. The van der Waals surface area contributed by atoms with Crippen molar-refractivity contribution in [1.82, 2.24) is 9.88 Å². The van der Waals surface area contributed by atoms with Crippen LogP contribution in [0.15, 0.2) is 48.8 Å². The molecule has 0 atom stereocenters. The lowest BCUT2D eigenvalue weighted by molar-refractivity contribution is 0.0784. The van der Waals surface area contributed by atoms with Crippen molar-refractivity contribution in [3.63, 3.8) is 0 Å². The van der Waals surface area contributed by atoms with E-state index in [1.165, 1.54) is 0 Å². The summed E-state index contributed by atoms with van der Waals surface area (Å²) in [5.74, 6) is 5.55. The van der Waals surface area contributed by atoms with Crippen LogP contribution in [0.3, 0.4) is 0 Å². The highest BCUT2D eigenvalue weighted by Crippen LogP contribution is 2.09. The van der Waals surface area contributed by atoms with Gasteiger partial charge in [-0.05, 0) is 11.6 Å². The van der Waals surface area contributed by atoms with Crippen molar-refractivity contribution >= 4 is 5.91 Å². The second-order valence-electron chi connectivity index (χ2n) is 4.62. The van der Waals surface area contributed by atoms with Crippen LogP contribution in [0.25, 0.3) is 0 Å². The van der Waals surface area contributed by atoms with Crippen molar-refractivity contribution in [3.05, 3.63) is 65.5 Å². The smallest absolute Gasteiger partial charge is 0.255 e. The summed E-state index contributed by atoms with van der Waals surface area (Å²) in [6, 6.07) is 11.6. The average molecular weight is 279 g/mol. The number of carbonyl (C=O) groups is 1. The van der Waals surface area contributed by atoms with Crippen LogP contribution in [0.1, 0.15) is 21.5 Å². The molecule has 4 heteroatoms. The van der Waals surface area contributed by atoms with Crippen molar-refractivity contribution in [3.8, 4) is 11.8 Å². The molecule has 1 aromatic carbocycles. The van der Waals surface area contributed by atoms with Crippen LogP contribution in [0, 0.1) is 11.8 Å². The van der Waals surface area contributed by atoms with Gasteiger partial charge in [0.05, 0.1) is 12.1 Å². The maximum absolute atomic E-state index is 12.4. The van der Waals surface area contributed by atoms with Gasteiger partial charge in [-0.1, -0.05) is 42.2 Å². The maximum atomic E-state index is 12.4. The first kappa shape index (κ1) is 14.8. The summed E-state index contributed by atoms with van der Waals surface area (Å²) in [6.07, 6.45) is 3.17. The lowest BCUT2D eigenvalue weighted by Gasteiger charge is -2.17. The first-order valence-corrected chi connectivity index (χ1v) is 6.64. The highest BCUT2D eigenvalue weighted by Gasteiger charge is 2.12. The fourth-order valence-corrected chi connectivity index (χ4v) is 1.93. The molecule has 0 saturated heterocycles. The zero-order chi connectivity index (χ0) is 15.1. The van der Waals surface area contributed by atoms with Crippen LogP contribution in [-0.2, 0) is 6.54 Å². The molecule has 0 aliphatic heterocycles. The molecule has 4 nitrogen and oxygen atoms in total. The number of hydrogen-bond acceptors (Lipinski definition) is 3. The monoisotopic (exact) mass is 279 g/mol. The van der Waals surface area contributed by atoms with Gasteiger partial charge in [0.15, 0.2) is 0 Å². The van der Waals surface area contributed by atoms with E-state index in [-0.39, 0.29) is 12.5 Å². The molecule has 0 saturated carbocycles. The normalized spacial score (nSPS) is 9.62. The van der Waals surface area contributed by atoms with Gasteiger partial charge in [0.25, 0.3) is 5.91 Å². The number of aromatic nitrogens is 1. The van der Waals surface area contributed by atoms with Gasteiger partial charge in [-0.2, -0.15) is 0 Å². The lowest BCUT2D eigenvalue weighted by atomic mass is 10.1. The number of hydrogen-bond donors (Lipinski definition) is 1. The Bertz CT molecular complexity index is 671. The Hall–Kier alpha value is -2.64. The third-order valence-corrected chi connectivity index (χ3v) is 2.93. The van der Waals surface area contributed by atoms with Gasteiger partial charge in [0.2, 0.25) is 0 Å². The third kappa shape index (κ3) is 4.16. The predicted octanol–water partition coefficient (Wildman–Crippen LogP) is 1.66. The number of carbonyl (C=O) groups excluding carboxylic acids is 1. The van der Waals surface area contributed by atoms with Crippen LogP contribution in [0.5, 0.6) is 0 Å². The average Bonchev–Trinajstić information content (AvgIpc) is 2.53. The molecule has 21 heavy (non-hydrogen) atoms. The first-order chi connectivity index (χ1) is 10.2. The Kier molecular flexibility index (Phi) is 5.08. The highest BCUT2D eigenvalue weighted by molar-refractivity contribution is 5.94. The molecule has 1 heterocycles. The molecule has 0 unspecified atom stereocenters. The third-order valence-electron chi connectivity index (χ3n) is 2.93. The van der Waals surface area contributed by atoms with E-state index in [9.17, 15) is 4.79 Å². The molecule has 0 radical (unpaired) electrons. The summed E-state index contributed by atoms with van der Waals surface area (Å²) in [7, 11) is 1.77. The molecular weight excluding hydrogens is 262 g/mol. The lowest BCUT2D eigenvalue weighted by Crippen LogP contribution is -2.26. The van der Waals surface area contributed by atoms with Gasteiger partial charge in [0, 0.05) is 31.5 Å². The van der Waals surface area contributed by atoms with Crippen LogP contribution < -0.4 is 5.73 Å². The zero-order valence-electron chi connectivity index (χ0n) is 11.9. The minimum atomic E-state index is -0.0808. The zero-order valence-corrected chi connectivity index (χ0v) is 11.9. The van der Waals surface area contributed by atoms with Crippen LogP contribution in [0.4, 0.5) is 0 Å². The summed E-state index contributed by atoms with van der Waals surface area (Å²) in [5.41, 5.74) is 7.64. The molecule has 0 spiro atoms. The van der Waals surface area contributed by atoms with Gasteiger partial charge in [-0.3, -0.25) is 9.78 Å². The fourth-order valence-electron chi connectivity index (χ4n) is 1.93. The van der Waals surface area contributed by atoms with E-state index >= 15 is 0 Å². The molecule has 0 fully saturated rings. The highest BCUT2D eigenvalue weighted by atomic mass is 16.2. The Balaban J connectivity index is 2.12. The minimum Gasteiger partial charge on any atom is -0.337 e. The number of nitrogens with two attached hydrogens (primary N) is 1. The molecule has 1 aromatic heterocycles. The van der Waals surface area contributed by atoms with Crippen LogP contribution >= 0.6 is 0 Å². The molecule has 1 amide bonds. The van der Waals surface area contributed by atoms with E-state index in [1.54, 1.807) is 30.4 Å². The number of benzene rings is 1. The van der Waals surface area contributed by atoms with Gasteiger partial charge >= 0.3 is 0 Å². The molecule has 2 N–H and O–H groups in total. The van der Waals surface area contributed by atoms with Gasteiger partial charge in [0.1, 0.15) is 0 Å². The standard InChI is InChI=1S/C17H17N3O/c1-20(13-14-6-3-2-4-7-14)17(21)16-10-15(8-5-9-18)11-19-12-16/h2-4,6-7,10-12H,9,13,18H2,1H3. The first-order valence-electron chi connectivity index (χ1n) is 6.64. The molecule has 0 bridgehead atoms. The summed E-state index contributed by atoms with van der Waals surface area (Å²) < 4.78 is 0. The number of pyridine rings is 1. The quantitative estimate of drug-likeness (QED) is 0.869. The maximum Gasteiger partial charge on any atom is 0.255 e. The Morgan fingerprint density at radius 3 is 2.76 bits per heavy atom. The van der Waals surface area contributed by atoms with E-state index in [4.69, 9.17) is 5.73 Å². The Labute approximate surface area is 124 Å². The van der Waals surface area contributed by atoms with Gasteiger partial charge in [-0.25, -0.2) is 0 Å². The molecule has 0 aliphatic rings. The molecule has 106 valence electrons.